The predicted octanol–water partition coefficient (Wildman–Crippen LogP) is 2.77. The number of carbonyl (C=O) groups is 2. The van der Waals surface area contributed by atoms with Gasteiger partial charge in [-0.1, -0.05) is 36.1 Å². The number of fused-ring (bicyclic) bond motifs is 1. The van der Waals surface area contributed by atoms with Gasteiger partial charge in [0.2, 0.25) is 0 Å². The molecule has 9 nitrogen and oxygen atoms in total. The van der Waals surface area contributed by atoms with Crippen molar-refractivity contribution in [2.45, 2.75) is 13.0 Å². The molecular weight excluding hydrogens is 508 g/mol. The van der Waals surface area contributed by atoms with E-state index in [1.165, 1.54) is 29.1 Å². The number of nitrogens with zero attached hydrogens (tertiary/aromatic N) is 2. The average molecular weight is 535 g/mol. The van der Waals surface area contributed by atoms with Crippen molar-refractivity contribution in [3.63, 3.8) is 0 Å². The van der Waals surface area contributed by atoms with Crippen LogP contribution in [0.25, 0.3) is 6.08 Å². The second kappa shape index (κ2) is 11.3. The summed E-state index contributed by atoms with van der Waals surface area (Å²) in [6.45, 7) is 5.29. The Hall–Kier alpha value is -4.44. The van der Waals surface area contributed by atoms with Gasteiger partial charge in [-0.2, -0.15) is 0 Å². The van der Waals surface area contributed by atoms with E-state index in [4.69, 9.17) is 18.9 Å². The minimum atomic E-state index is -0.829. The number of aromatic nitrogens is 1. The first-order valence-corrected chi connectivity index (χ1v) is 12.4. The quantitative estimate of drug-likeness (QED) is 0.323. The standard InChI is InChI=1S/C28H26N2O7S/c1-6-13-37-27(33)23-16(2)29-28-30(24(23)17-7-9-18(10-8-17)26(32)36-5)25(31)22(38-28)15-19-14-20(34-3)11-12-21(19)35-4/h6-12,14-15,24H,1,13H2,2-5H3. The minimum absolute atomic E-state index is 0.00364. The van der Waals surface area contributed by atoms with Crippen molar-refractivity contribution in [1.29, 1.82) is 0 Å². The number of hydrogen-bond donors (Lipinski definition) is 0. The fourth-order valence-electron chi connectivity index (χ4n) is 4.12. The normalized spacial score (nSPS) is 14.8. The van der Waals surface area contributed by atoms with E-state index >= 15 is 0 Å². The number of hydrogen-bond acceptors (Lipinski definition) is 9. The van der Waals surface area contributed by atoms with Gasteiger partial charge in [0.05, 0.1) is 48.7 Å². The van der Waals surface area contributed by atoms with Gasteiger partial charge in [-0.25, -0.2) is 14.6 Å². The van der Waals surface area contributed by atoms with Crippen LogP contribution in [0.3, 0.4) is 0 Å². The van der Waals surface area contributed by atoms with Crippen LogP contribution in [0.1, 0.15) is 34.5 Å². The van der Waals surface area contributed by atoms with E-state index in [0.29, 0.717) is 43.2 Å². The summed E-state index contributed by atoms with van der Waals surface area (Å²) in [6, 6.07) is 11.0. The molecule has 0 saturated carbocycles. The molecule has 1 atom stereocenters. The third-order valence-electron chi connectivity index (χ3n) is 5.94. The van der Waals surface area contributed by atoms with Gasteiger partial charge >= 0.3 is 11.9 Å². The van der Waals surface area contributed by atoms with Gasteiger partial charge in [0.25, 0.3) is 5.56 Å². The molecule has 38 heavy (non-hydrogen) atoms. The molecule has 1 aliphatic heterocycles. The summed E-state index contributed by atoms with van der Waals surface area (Å²) in [5.74, 6) is 0.0648. The molecule has 3 aromatic rings. The van der Waals surface area contributed by atoms with Gasteiger partial charge in [-0.05, 0) is 48.9 Å². The highest BCUT2D eigenvalue weighted by atomic mass is 32.1. The summed E-state index contributed by atoms with van der Waals surface area (Å²) in [5.41, 5.74) is 1.89. The largest absolute Gasteiger partial charge is 0.497 e. The van der Waals surface area contributed by atoms with E-state index in [0.717, 1.165) is 0 Å². The first-order valence-electron chi connectivity index (χ1n) is 11.5. The SMILES string of the molecule is C=CCOC(=O)C1=C(C)N=c2sc(=Cc3cc(OC)ccc3OC)c(=O)n2C1c1ccc(C(=O)OC)cc1. The fourth-order valence-corrected chi connectivity index (χ4v) is 5.16. The predicted molar refractivity (Wildman–Crippen MR) is 142 cm³/mol. The molecule has 0 bridgehead atoms. The lowest BCUT2D eigenvalue weighted by atomic mass is 9.95. The molecule has 2 aromatic carbocycles. The molecule has 0 aliphatic carbocycles. The van der Waals surface area contributed by atoms with Crippen LogP contribution < -0.4 is 24.4 Å². The topological polar surface area (TPSA) is 105 Å². The molecule has 1 aromatic heterocycles. The van der Waals surface area contributed by atoms with Crippen LogP contribution >= 0.6 is 11.3 Å². The molecule has 1 unspecified atom stereocenters. The summed E-state index contributed by atoms with van der Waals surface area (Å²) in [4.78, 5) is 43.9. The Morgan fingerprint density at radius 2 is 1.82 bits per heavy atom. The molecule has 10 heteroatoms. The highest BCUT2D eigenvalue weighted by Gasteiger charge is 2.33. The fraction of sp³-hybridized carbons (Fsp3) is 0.214. The van der Waals surface area contributed by atoms with Crippen molar-refractivity contribution in [2.75, 3.05) is 27.9 Å². The maximum Gasteiger partial charge on any atom is 0.338 e. The van der Waals surface area contributed by atoms with Crippen LogP contribution in [-0.4, -0.2) is 44.4 Å². The van der Waals surface area contributed by atoms with E-state index in [1.807, 2.05) is 0 Å². The number of benzene rings is 2. The second-order valence-electron chi connectivity index (χ2n) is 8.19. The van der Waals surface area contributed by atoms with E-state index in [2.05, 4.69) is 11.6 Å². The van der Waals surface area contributed by atoms with Crippen molar-refractivity contribution >= 4 is 29.4 Å². The van der Waals surface area contributed by atoms with E-state index in [9.17, 15) is 14.4 Å². The Morgan fingerprint density at radius 3 is 2.45 bits per heavy atom. The molecule has 0 amide bonds. The van der Waals surface area contributed by atoms with E-state index in [1.54, 1.807) is 69.7 Å². The smallest absolute Gasteiger partial charge is 0.338 e. The van der Waals surface area contributed by atoms with Crippen LogP contribution in [0.2, 0.25) is 0 Å². The van der Waals surface area contributed by atoms with E-state index in [-0.39, 0.29) is 17.7 Å². The zero-order chi connectivity index (χ0) is 27.4. The molecular formula is C28H26N2O7S. The Morgan fingerprint density at radius 1 is 1.08 bits per heavy atom. The van der Waals surface area contributed by atoms with Gasteiger partial charge in [0.15, 0.2) is 4.80 Å². The Labute approximate surface area is 222 Å². The summed E-state index contributed by atoms with van der Waals surface area (Å²) in [7, 11) is 4.40. The zero-order valence-corrected chi connectivity index (χ0v) is 22.2. The summed E-state index contributed by atoms with van der Waals surface area (Å²) in [6.07, 6.45) is 3.17. The molecule has 0 N–H and O–H groups in total. The number of rotatable bonds is 8. The molecule has 0 spiro atoms. The van der Waals surface area contributed by atoms with Crippen LogP contribution in [0.4, 0.5) is 0 Å². The number of carbonyl (C=O) groups excluding carboxylic acids is 2. The van der Waals surface area contributed by atoms with Crippen molar-refractivity contribution in [3.8, 4) is 11.5 Å². The molecule has 0 radical (unpaired) electrons. The van der Waals surface area contributed by atoms with E-state index < -0.39 is 18.0 Å². The van der Waals surface area contributed by atoms with Crippen LogP contribution in [-0.2, 0) is 14.3 Å². The third kappa shape index (κ3) is 5.03. The van der Waals surface area contributed by atoms with Gasteiger partial charge in [0.1, 0.15) is 18.1 Å². The lowest BCUT2D eigenvalue weighted by Gasteiger charge is -2.24. The van der Waals surface area contributed by atoms with Crippen molar-refractivity contribution < 1.29 is 28.5 Å². The maximum atomic E-state index is 13.8. The molecule has 0 fully saturated rings. The molecule has 196 valence electrons. The first-order chi connectivity index (χ1) is 18.3. The Kier molecular flexibility index (Phi) is 7.92. The van der Waals surface area contributed by atoms with Gasteiger partial charge in [-0.3, -0.25) is 9.36 Å². The number of thiazole rings is 1. The van der Waals surface area contributed by atoms with Crippen molar-refractivity contribution in [1.82, 2.24) is 4.57 Å². The summed E-state index contributed by atoms with van der Waals surface area (Å²) in [5, 5.41) is 0. The zero-order valence-electron chi connectivity index (χ0n) is 21.3. The van der Waals surface area contributed by atoms with Gasteiger partial charge in [-0.15, -0.1) is 0 Å². The molecule has 2 heterocycles. The number of allylic oxidation sites excluding steroid dienone is 1. The average Bonchev–Trinajstić information content (AvgIpc) is 3.24. The van der Waals surface area contributed by atoms with Crippen molar-refractivity contribution in [2.24, 2.45) is 4.99 Å². The monoisotopic (exact) mass is 534 g/mol. The number of ether oxygens (including phenoxy) is 4. The second-order valence-corrected chi connectivity index (χ2v) is 9.20. The summed E-state index contributed by atoms with van der Waals surface area (Å²) >= 11 is 1.19. The first kappa shape index (κ1) is 26.6. The van der Waals surface area contributed by atoms with Gasteiger partial charge in [0, 0.05) is 5.56 Å². The molecule has 4 rings (SSSR count). The van der Waals surface area contributed by atoms with Crippen LogP contribution in [0.5, 0.6) is 11.5 Å². The summed E-state index contributed by atoms with van der Waals surface area (Å²) < 4.78 is 22.8. The van der Waals surface area contributed by atoms with Crippen LogP contribution in [0.15, 0.2) is 76.2 Å². The van der Waals surface area contributed by atoms with Crippen LogP contribution in [0, 0.1) is 0 Å². The number of methoxy groups -OCH3 is 3. The number of esters is 2. The third-order valence-corrected chi connectivity index (χ3v) is 6.93. The maximum absolute atomic E-state index is 13.8. The lowest BCUT2D eigenvalue weighted by molar-refractivity contribution is -0.138. The van der Waals surface area contributed by atoms with Crippen molar-refractivity contribution in [3.05, 3.63) is 103 Å². The lowest BCUT2D eigenvalue weighted by Crippen LogP contribution is -2.40. The molecule has 1 aliphatic rings. The molecule has 0 saturated heterocycles. The Bertz CT molecular complexity index is 1610. The minimum Gasteiger partial charge on any atom is -0.497 e. The highest BCUT2D eigenvalue weighted by Crippen LogP contribution is 2.31. The highest BCUT2D eigenvalue weighted by molar-refractivity contribution is 7.07. The van der Waals surface area contributed by atoms with Gasteiger partial charge < -0.3 is 18.9 Å². The Balaban J connectivity index is 1.93.